The molecule has 0 bridgehead atoms. The van der Waals surface area contributed by atoms with Gasteiger partial charge in [-0.25, -0.2) is 12.8 Å². The number of nitrogens with one attached hydrogen (secondary N) is 1. The summed E-state index contributed by atoms with van der Waals surface area (Å²) in [6.07, 6.45) is 4.34. The number of hydrogen-bond donors (Lipinski definition) is 1. The molecule has 2 aromatic carbocycles. The van der Waals surface area contributed by atoms with Crippen LogP contribution in [-0.4, -0.2) is 30.1 Å². The topological polar surface area (TPSA) is 111 Å². The number of aromatic nitrogens is 1. The van der Waals surface area contributed by atoms with Gasteiger partial charge in [-0.05, 0) is 36.4 Å². The van der Waals surface area contributed by atoms with E-state index in [4.69, 9.17) is 0 Å². The van der Waals surface area contributed by atoms with Crippen molar-refractivity contribution in [1.29, 1.82) is 0 Å². The average molecular weight is 403 g/mol. The Morgan fingerprint density at radius 2 is 1.82 bits per heavy atom. The van der Waals surface area contributed by atoms with E-state index in [1.165, 1.54) is 18.2 Å². The second-order valence-corrected chi connectivity index (χ2v) is 7.97. The first-order valence-electron chi connectivity index (χ1n) is 7.89. The van der Waals surface area contributed by atoms with E-state index in [1.54, 1.807) is 29.1 Å². The molecule has 144 valence electrons. The minimum atomic E-state index is -3.79. The maximum atomic E-state index is 14.1. The fourth-order valence-corrected chi connectivity index (χ4v) is 3.18. The molecule has 3 rings (SSSR count). The molecule has 1 N–H and O–H groups in total. The van der Waals surface area contributed by atoms with Crippen molar-refractivity contribution in [3.8, 4) is 5.69 Å². The average Bonchev–Trinajstić information content (AvgIpc) is 3.17. The minimum Gasteiger partial charge on any atom is -0.324 e. The Kier molecular flexibility index (Phi) is 4.97. The molecule has 10 heteroatoms. The molecule has 0 saturated carbocycles. The van der Waals surface area contributed by atoms with Gasteiger partial charge in [-0.15, -0.1) is 0 Å². The first-order chi connectivity index (χ1) is 13.1. The van der Waals surface area contributed by atoms with E-state index >= 15 is 0 Å². The van der Waals surface area contributed by atoms with E-state index in [-0.39, 0.29) is 16.1 Å². The molecule has 0 unspecified atom stereocenters. The van der Waals surface area contributed by atoms with Crippen LogP contribution >= 0.6 is 0 Å². The van der Waals surface area contributed by atoms with Crippen LogP contribution in [0.2, 0.25) is 0 Å². The van der Waals surface area contributed by atoms with Gasteiger partial charge in [0.15, 0.2) is 9.84 Å². The second-order valence-electron chi connectivity index (χ2n) is 5.95. The summed E-state index contributed by atoms with van der Waals surface area (Å²) in [6, 6.07) is 10.4. The number of halogens is 1. The molecule has 0 aliphatic heterocycles. The van der Waals surface area contributed by atoms with Gasteiger partial charge in [0.1, 0.15) is 5.82 Å². The fraction of sp³-hybridized carbons (Fsp3) is 0.0556. The number of benzene rings is 2. The highest BCUT2D eigenvalue weighted by Crippen LogP contribution is 2.24. The fourth-order valence-electron chi connectivity index (χ4n) is 2.50. The van der Waals surface area contributed by atoms with E-state index in [0.717, 1.165) is 24.5 Å². The van der Waals surface area contributed by atoms with E-state index in [2.05, 4.69) is 5.32 Å². The highest BCUT2D eigenvalue weighted by atomic mass is 32.2. The smallest absolute Gasteiger partial charge is 0.271 e. The number of nitrogens with zero attached hydrogens (tertiary/aromatic N) is 2. The Balaban J connectivity index is 1.98. The summed E-state index contributed by atoms with van der Waals surface area (Å²) in [5, 5.41) is 13.4. The van der Waals surface area contributed by atoms with Crippen molar-refractivity contribution in [2.75, 3.05) is 11.6 Å². The minimum absolute atomic E-state index is 0.149. The molecule has 8 nitrogen and oxygen atoms in total. The number of non-ortho nitro benzene ring substituents is 1. The summed E-state index contributed by atoms with van der Waals surface area (Å²) < 4.78 is 39.3. The van der Waals surface area contributed by atoms with Crippen molar-refractivity contribution in [2.45, 2.75) is 4.90 Å². The molecule has 0 spiro atoms. The van der Waals surface area contributed by atoms with Gasteiger partial charge in [0.25, 0.3) is 11.6 Å². The Hall–Kier alpha value is -3.53. The number of nitro benzene ring substituents is 1. The van der Waals surface area contributed by atoms with Crippen molar-refractivity contribution >= 4 is 27.1 Å². The number of sulfone groups is 1. The van der Waals surface area contributed by atoms with Gasteiger partial charge in [0.05, 0.1) is 15.5 Å². The number of carbonyl (C=O) groups excluding carboxylic acids is 1. The molecule has 1 heterocycles. The Bertz CT molecular complexity index is 1170. The number of hydrogen-bond acceptors (Lipinski definition) is 5. The lowest BCUT2D eigenvalue weighted by Crippen LogP contribution is -2.14. The third kappa shape index (κ3) is 4.07. The van der Waals surface area contributed by atoms with Crippen molar-refractivity contribution in [1.82, 2.24) is 4.57 Å². The Morgan fingerprint density at radius 3 is 2.43 bits per heavy atom. The zero-order valence-corrected chi connectivity index (χ0v) is 15.3. The predicted molar refractivity (Wildman–Crippen MR) is 99.9 cm³/mol. The van der Waals surface area contributed by atoms with Crippen LogP contribution in [0.4, 0.5) is 15.8 Å². The SMILES string of the molecule is CS(=O)(=O)c1cc(C(=O)Nc2cc(-n3cccc3)ccc2F)cc([N+](=O)[O-])c1. The first kappa shape index (κ1) is 19.2. The highest BCUT2D eigenvalue weighted by Gasteiger charge is 2.20. The summed E-state index contributed by atoms with van der Waals surface area (Å²) in [5.41, 5.74) is -0.406. The van der Waals surface area contributed by atoms with Gasteiger partial charge in [0.2, 0.25) is 0 Å². The molecule has 0 saturated heterocycles. The number of anilines is 1. The monoisotopic (exact) mass is 403 g/mol. The summed E-state index contributed by atoms with van der Waals surface area (Å²) in [4.78, 5) is 22.4. The van der Waals surface area contributed by atoms with Crippen LogP contribution in [-0.2, 0) is 9.84 Å². The van der Waals surface area contributed by atoms with Crippen molar-refractivity contribution in [3.05, 3.63) is 82.4 Å². The van der Waals surface area contributed by atoms with Gasteiger partial charge < -0.3 is 9.88 Å². The second kappa shape index (κ2) is 7.24. The predicted octanol–water partition coefficient (Wildman–Crippen LogP) is 3.18. The Labute approximate surface area is 159 Å². The molecule has 28 heavy (non-hydrogen) atoms. The lowest BCUT2D eigenvalue weighted by atomic mass is 10.1. The lowest BCUT2D eigenvalue weighted by Gasteiger charge is -2.10. The van der Waals surface area contributed by atoms with Crippen LogP contribution < -0.4 is 5.32 Å². The van der Waals surface area contributed by atoms with Crippen LogP contribution in [0.3, 0.4) is 0 Å². The van der Waals surface area contributed by atoms with Crippen LogP contribution in [0, 0.1) is 15.9 Å². The third-order valence-electron chi connectivity index (χ3n) is 3.89. The zero-order chi connectivity index (χ0) is 20.5. The molecular formula is C18H14FN3O5S. The molecule has 1 aromatic heterocycles. The van der Waals surface area contributed by atoms with E-state index < -0.39 is 32.2 Å². The summed E-state index contributed by atoms with van der Waals surface area (Å²) in [7, 11) is -3.79. The van der Waals surface area contributed by atoms with Gasteiger partial charge in [0, 0.05) is 42.0 Å². The molecule has 3 aromatic rings. The van der Waals surface area contributed by atoms with Crippen LogP contribution in [0.5, 0.6) is 0 Å². The van der Waals surface area contributed by atoms with Gasteiger partial charge >= 0.3 is 0 Å². The largest absolute Gasteiger partial charge is 0.324 e. The summed E-state index contributed by atoms with van der Waals surface area (Å²) in [6.45, 7) is 0. The lowest BCUT2D eigenvalue weighted by molar-refractivity contribution is -0.385. The highest BCUT2D eigenvalue weighted by molar-refractivity contribution is 7.90. The molecule has 0 aliphatic carbocycles. The van der Waals surface area contributed by atoms with Crippen LogP contribution in [0.1, 0.15) is 10.4 Å². The molecule has 0 radical (unpaired) electrons. The number of rotatable bonds is 5. The summed E-state index contributed by atoms with van der Waals surface area (Å²) >= 11 is 0. The zero-order valence-electron chi connectivity index (χ0n) is 14.5. The van der Waals surface area contributed by atoms with Crippen molar-refractivity contribution in [2.24, 2.45) is 0 Å². The molecule has 1 amide bonds. The molecular weight excluding hydrogens is 389 g/mol. The van der Waals surface area contributed by atoms with Crippen molar-refractivity contribution < 1.29 is 22.5 Å². The van der Waals surface area contributed by atoms with Crippen LogP contribution in [0.15, 0.2) is 65.8 Å². The summed E-state index contributed by atoms with van der Waals surface area (Å²) in [5.74, 6) is -1.59. The van der Waals surface area contributed by atoms with E-state index in [0.29, 0.717) is 5.69 Å². The number of carbonyl (C=O) groups is 1. The van der Waals surface area contributed by atoms with Gasteiger partial charge in [-0.1, -0.05) is 0 Å². The van der Waals surface area contributed by atoms with Crippen molar-refractivity contribution in [3.63, 3.8) is 0 Å². The quantitative estimate of drug-likeness (QED) is 0.519. The van der Waals surface area contributed by atoms with Gasteiger partial charge in [-0.2, -0.15) is 0 Å². The number of amides is 1. The molecule has 0 atom stereocenters. The Morgan fingerprint density at radius 1 is 1.14 bits per heavy atom. The molecule has 0 aliphatic rings. The maximum Gasteiger partial charge on any atom is 0.271 e. The standard InChI is InChI=1S/C18H14FN3O5S/c1-28(26,27)15-9-12(8-14(10-15)22(24)25)18(23)20-17-11-13(4-5-16(17)19)21-6-2-3-7-21/h2-11H,1H3,(H,20,23). The molecule has 0 fully saturated rings. The normalized spacial score (nSPS) is 11.2. The first-order valence-corrected chi connectivity index (χ1v) is 9.78. The third-order valence-corrected chi connectivity index (χ3v) is 4.99. The van der Waals surface area contributed by atoms with E-state index in [9.17, 15) is 27.7 Å². The number of nitro groups is 1. The van der Waals surface area contributed by atoms with E-state index in [1.807, 2.05) is 0 Å². The van der Waals surface area contributed by atoms with Crippen LogP contribution in [0.25, 0.3) is 5.69 Å². The maximum absolute atomic E-state index is 14.1. The van der Waals surface area contributed by atoms with Gasteiger partial charge in [-0.3, -0.25) is 14.9 Å².